The summed E-state index contributed by atoms with van der Waals surface area (Å²) < 4.78 is 23.4. The van der Waals surface area contributed by atoms with E-state index in [1.165, 1.54) is 25.3 Å². The number of hydrogen-bond donors (Lipinski definition) is 5. The first-order chi connectivity index (χ1) is 26.5. The van der Waals surface area contributed by atoms with E-state index in [4.69, 9.17) is 18.9 Å². The molecule has 13 nitrogen and oxygen atoms in total. The van der Waals surface area contributed by atoms with E-state index in [0.29, 0.717) is 0 Å². The van der Waals surface area contributed by atoms with Crippen molar-refractivity contribution >= 4 is 23.4 Å². The van der Waals surface area contributed by atoms with Gasteiger partial charge in [-0.15, -0.1) is 0 Å². The second kappa shape index (κ2) is 14.2. The highest BCUT2D eigenvalue weighted by Gasteiger charge is 2.46. The van der Waals surface area contributed by atoms with Gasteiger partial charge < -0.3 is 44.7 Å². The number of methoxy groups -OCH3 is 1. The lowest BCUT2D eigenvalue weighted by atomic mass is 9.73. The van der Waals surface area contributed by atoms with Gasteiger partial charge in [-0.3, -0.25) is 14.4 Å². The van der Waals surface area contributed by atoms with Crippen molar-refractivity contribution in [3.05, 3.63) is 111 Å². The highest BCUT2D eigenvalue weighted by molar-refractivity contribution is 6.31. The van der Waals surface area contributed by atoms with Gasteiger partial charge in [-0.25, -0.2) is 4.79 Å². The van der Waals surface area contributed by atoms with E-state index < -0.39 is 89.2 Å². The predicted molar refractivity (Wildman–Crippen MR) is 194 cm³/mol. The number of amides is 1. The molecule has 13 heteroatoms. The third-order valence-electron chi connectivity index (χ3n) is 11.3. The maximum Gasteiger partial charge on any atom is 0.407 e. The number of aliphatic hydroxyl groups is 2. The second-order valence-electron chi connectivity index (χ2n) is 14.3. The van der Waals surface area contributed by atoms with E-state index in [0.717, 1.165) is 22.3 Å². The molecule has 0 spiro atoms. The number of ketones is 3. The Bertz CT molecular complexity index is 2200. The highest BCUT2D eigenvalue weighted by atomic mass is 16.7. The Kier molecular flexibility index (Phi) is 9.42. The molecule has 1 amide bonds. The van der Waals surface area contributed by atoms with Crippen LogP contribution in [0.3, 0.4) is 0 Å². The maximum absolute atomic E-state index is 14.0. The number of aromatic hydroxyl groups is 2. The average Bonchev–Trinajstić information content (AvgIpc) is 3.51. The number of hydrogen-bond acceptors (Lipinski definition) is 12. The molecule has 1 heterocycles. The van der Waals surface area contributed by atoms with Crippen molar-refractivity contribution in [2.45, 2.75) is 62.7 Å². The van der Waals surface area contributed by atoms with Crippen molar-refractivity contribution in [1.82, 2.24) is 5.32 Å². The van der Waals surface area contributed by atoms with Gasteiger partial charge >= 0.3 is 6.09 Å². The van der Waals surface area contributed by atoms with Gasteiger partial charge in [0, 0.05) is 34.9 Å². The molecule has 0 radical (unpaired) electrons. The van der Waals surface area contributed by atoms with Crippen LogP contribution in [0, 0.1) is 5.92 Å². The topological polar surface area (TPSA) is 198 Å². The first-order valence-electron chi connectivity index (χ1n) is 18.1. The van der Waals surface area contributed by atoms with Gasteiger partial charge in [0.2, 0.25) is 5.78 Å². The molecule has 0 saturated carbocycles. The van der Waals surface area contributed by atoms with Gasteiger partial charge in [0.1, 0.15) is 36.6 Å². The molecule has 55 heavy (non-hydrogen) atoms. The van der Waals surface area contributed by atoms with E-state index in [1.807, 2.05) is 48.5 Å². The number of ether oxygens (including phenoxy) is 4. The first kappa shape index (κ1) is 36.4. The summed E-state index contributed by atoms with van der Waals surface area (Å²) in [5, 5.41) is 47.0. The molecule has 1 aliphatic heterocycles. The number of alkyl carbamates (subject to hydrolysis) is 1. The number of Topliss-reactive ketones (excluding diaryl/α,β-unsaturated/α-hetero) is 1. The van der Waals surface area contributed by atoms with E-state index in [2.05, 4.69) is 5.32 Å². The summed E-state index contributed by atoms with van der Waals surface area (Å²) in [5.41, 5.74) is 3.32. The number of rotatable bonds is 8. The Morgan fingerprint density at radius 3 is 2.18 bits per heavy atom. The van der Waals surface area contributed by atoms with Crippen molar-refractivity contribution in [3.8, 4) is 28.4 Å². The van der Waals surface area contributed by atoms with Crippen LogP contribution in [-0.2, 0) is 25.4 Å². The van der Waals surface area contributed by atoms with Gasteiger partial charge in [-0.05, 0) is 48.1 Å². The molecule has 4 aromatic carbocycles. The Labute approximate surface area is 315 Å². The predicted octanol–water partition coefficient (Wildman–Crippen LogP) is 4.47. The van der Waals surface area contributed by atoms with Gasteiger partial charge in [-0.2, -0.15) is 0 Å². The third kappa shape index (κ3) is 6.04. The van der Waals surface area contributed by atoms with Crippen LogP contribution in [0.1, 0.15) is 85.9 Å². The molecule has 1 saturated heterocycles. The lowest BCUT2D eigenvalue weighted by Crippen LogP contribution is -2.55. The fraction of sp³-hybridized carbons (Fsp3) is 0.333. The van der Waals surface area contributed by atoms with Crippen LogP contribution in [0.25, 0.3) is 11.1 Å². The zero-order valence-electron chi connectivity index (χ0n) is 30.0. The fourth-order valence-electron chi connectivity index (χ4n) is 8.63. The minimum absolute atomic E-state index is 0.0128. The molecule has 8 rings (SSSR count). The molecule has 5 unspecified atom stereocenters. The number of benzene rings is 4. The van der Waals surface area contributed by atoms with Gasteiger partial charge in [0.25, 0.3) is 0 Å². The maximum atomic E-state index is 14.0. The number of aliphatic hydroxyl groups excluding tert-OH is 2. The second-order valence-corrected chi connectivity index (χ2v) is 14.3. The van der Waals surface area contributed by atoms with E-state index >= 15 is 0 Å². The largest absolute Gasteiger partial charge is 0.507 e. The van der Waals surface area contributed by atoms with Crippen LogP contribution in [0.2, 0.25) is 0 Å². The zero-order chi connectivity index (χ0) is 38.7. The normalized spacial score (nSPS) is 23.9. The van der Waals surface area contributed by atoms with Crippen molar-refractivity contribution in [2.24, 2.45) is 5.92 Å². The number of fused-ring (bicyclic) bond motifs is 6. The first-order valence-corrected chi connectivity index (χ1v) is 18.1. The van der Waals surface area contributed by atoms with Crippen LogP contribution in [0.15, 0.2) is 66.7 Å². The Morgan fingerprint density at radius 1 is 0.855 bits per heavy atom. The van der Waals surface area contributed by atoms with Gasteiger partial charge in [0.05, 0.1) is 42.0 Å². The Morgan fingerprint density at radius 2 is 1.51 bits per heavy atom. The van der Waals surface area contributed by atoms with E-state index in [-0.39, 0.29) is 59.8 Å². The van der Waals surface area contributed by atoms with Crippen LogP contribution in [0.5, 0.6) is 17.2 Å². The number of carbonyl (C=O) groups is 4. The molecule has 0 bridgehead atoms. The highest BCUT2D eigenvalue weighted by Crippen LogP contribution is 2.52. The molecule has 4 aliphatic rings. The summed E-state index contributed by atoms with van der Waals surface area (Å²) in [6.07, 6.45) is -5.42. The molecule has 5 N–H and O–H groups in total. The number of phenols is 2. The van der Waals surface area contributed by atoms with Crippen molar-refractivity contribution in [3.63, 3.8) is 0 Å². The van der Waals surface area contributed by atoms with Crippen molar-refractivity contribution < 1.29 is 58.6 Å². The zero-order valence-corrected chi connectivity index (χ0v) is 30.0. The average molecular weight is 750 g/mol. The summed E-state index contributed by atoms with van der Waals surface area (Å²) in [5.74, 6) is -4.17. The lowest BCUT2D eigenvalue weighted by molar-refractivity contribution is -0.245. The third-order valence-corrected chi connectivity index (χ3v) is 11.3. The van der Waals surface area contributed by atoms with Gasteiger partial charge in [-0.1, -0.05) is 60.7 Å². The Balaban J connectivity index is 1.05. The quantitative estimate of drug-likeness (QED) is 0.140. The summed E-state index contributed by atoms with van der Waals surface area (Å²) in [7, 11) is 1.34. The monoisotopic (exact) mass is 749 g/mol. The number of carbonyl (C=O) groups excluding carboxylic acids is 4. The molecule has 284 valence electrons. The molecular weight excluding hydrogens is 710 g/mol. The molecule has 1 fully saturated rings. The molecule has 0 aromatic heterocycles. The number of phenolic OH excluding ortho intramolecular Hbond substituents is 2. The molecular formula is C42H39NO12. The lowest BCUT2D eigenvalue weighted by Gasteiger charge is -2.41. The van der Waals surface area contributed by atoms with Crippen LogP contribution in [0.4, 0.5) is 4.79 Å². The minimum atomic E-state index is -1.19. The van der Waals surface area contributed by atoms with Gasteiger partial charge in [0.15, 0.2) is 17.9 Å². The summed E-state index contributed by atoms with van der Waals surface area (Å²) in [6.45, 7) is 0.844. The fourth-order valence-corrected chi connectivity index (χ4v) is 8.63. The summed E-state index contributed by atoms with van der Waals surface area (Å²) in [6, 6.07) is 19.4. The Hall–Kier alpha value is -5.60. The standard InChI is InChI=1S/C42H39NO12/c1-19-37(46)28(43-42(51)53-18-27-23-10-5-3-8-21(23)22-9-4-6-11-24(22)27)16-32(54-19)55-31-15-20(29(45)17-44)14-26-34(31)41(50)36-35(39(26)48)38(47)25-12-7-13-30(52-2)33(25)40(36)49/h3-13,19-20,27-28,31-32,37,44,46,48,50H,14-18H2,1-2H3,(H,43,51)/t19?,20-,28?,31?,32?,37?/m1/s1. The smallest absolute Gasteiger partial charge is 0.407 e. The molecule has 6 atom stereocenters. The number of nitrogens with one attached hydrogen (secondary N) is 1. The van der Waals surface area contributed by atoms with Crippen LogP contribution in [-0.4, -0.2) is 88.7 Å². The molecule has 4 aromatic rings. The van der Waals surface area contributed by atoms with E-state index in [9.17, 15) is 39.6 Å². The summed E-state index contributed by atoms with van der Waals surface area (Å²) in [4.78, 5) is 53.9. The van der Waals surface area contributed by atoms with E-state index in [1.54, 1.807) is 6.92 Å². The van der Waals surface area contributed by atoms with Crippen molar-refractivity contribution in [1.29, 1.82) is 0 Å². The molecule has 3 aliphatic carbocycles. The van der Waals surface area contributed by atoms with Crippen LogP contribution >= 0.6 is 0 Å². The van der Waals surface area contributed by atoms with Crippen LogP contribution < -0.4 is 10.1 Å². The minimum Gasteiger partial charge on any atom is -0.507 e. The van der Waals surface area contributed by atoms with Crippen molar-refractivity contribution in [2.75, 3.05) is 20.3 Å². The summed E-state index contributed by atoms with van der Waals surface area (Å²) >= 11 is 0. The SMILES string of the molecule is COc1cccc2c1C(=O)c1c(O)c3c(c(O)c1C2=O)C[C@@H](C(=O)CO)CC3OC1CC(NC(=O)OCC2c3ccccc3-c3ccccc32)C(O)C(C)O1.